The molecule has 1 N–H and O–H groups in total. The first kappa shape index (κ1) is 13.6. The number of nitrogens with one attached hydrogen (secondary N) is 1. The summed E-state index contributed by atoms with van der Waals surface area (Å²) in [6.07, 6.45) is 3.06. The molecule has 0 aromatic carbocycles. The lowest BCUT2D eigenvalue weighted by molar-refractivity contribution is 0.247. The molecule has 0 amide bonds. The second-order valence-electron chi connectivity index (χ2n) is 5.08. The molecule has 1 aliphatic rings. The van der Waals surface area contributed by atoms with Gasteiger partial charge in [0.2, 0.25) is 0 Å². The van der Waals surface area contributed by atoms with Gasteiger partial charge in [0.15, 0.2) is 0 Å². The summed E-state index contributed by atoms with van der Waals surface area (Å²) < 4.78 is 5.64. The zero-order valence-electron chi connectivity index (χ0n) is 11.6. The molecule has 2 heterocycles. The minimum Gasteiger partial charge on any atom is -0.468 e. The van der Waals surface area contributed by atoms with Crippen molar-refractivity contribution in [1.29, 1.82) is 0 Å². The lowest BCUT2D eigenvalue weighted by Crippen LogP contribution is -2.28. The Morgan fingerprint density at radius 2 is 2.17 bits per heavy atom. The van der Waals surface area contributed by atoms with Gasteiger partial charge in [-0.3, -0.25) is 4.90 Å². The summed E-state index contributed by atoms with van der Waals surface area (Å²) >= 11 is 0. The van der Waals surface area contributed by atoms with Crippen molar-refractivity contribution >= 4 is 0 Å². The van der Waals surface area contributed by atoms with E-state index in [0.29, 0.717) is 0 Å². The topological polar surface area (TPSA) is 31.7 Å². The van der Waals surface area contributed by atoms with Gasteiger partial charge in [-0.2, -0.15) is 0 Å². The molecule has 0 saturated carbocycles. The first-order valence-corrected chi connectivity index (χ1v) is 6.96. The lowest BCUT2D eigenvalue weighted by Gasteiger charge is -2.19. The maximum Gasteiger partial charge on any atom is 0.122 e. The van der Waals surface area contributed by atoms with Crippen molar-refractivity contribution in [3.63, 3.8) is 0 Å². The van der Waals surface area contributed by atoms with E-state index < -0.39 is 0 Å². The molecule has 1 aliphatic heterocycles. The van der Waals surface area contributed by atoms with Gasteiger partial charge in [0.1, 0.15) is 5.76 Å². The van der Waals surface area contributed by atoms with Gasteiger partial charge in [0.05, 0.1) is 12.8 Å². The van der Waals surface area contributed by atoms with Gasteiger partial charge < -0.3 is 14.6 Å². The van der Waals surface area contributed by atoms with Gasteiger partial charge in [-0.15, -0.1) is 0 Å². The van der Waals surface area contributed by atoms with E-state index in [4.69, 9.17) is 4.42 Å². The van der Waals surface area contributed by atoms with E-state index in [9.17, 15) is 0 Å². The monoisotopic (exact) mass is 251 g/mol. The highest BCUT2D eigenvalue weighted by molar-refractivity contribution is 5.16. The van der Waals surface area contributed by atoms with Crippen molar-refractivity contribution in [2.75, 3.05) is 39.8 Å². The first-order valence-electron chi connectivity index (χ1n) is 6.96. The standard InChI is InChI=1S/C14H25N3O/c1-3-15-11-13-5-10-18-14(13)12-17-7-4-6-16(2)8-9-17/h5,10,15H,3-4,6-9,11-12H2,1-2H3. The molecule has 1 fully saturated rings. The largest absolute Gasteiger partial charge is 0.468 e. The Hall–Kier alpha value is -0.840. The van der Waals surface area contributed by atoms with Gasteiger partial charge >= 0.3 is 0 Å². The van der Waals surface area contributed by atoms with Crippen LogP contribution in [0.4, 0.5) is 0 Å². The van der Waals surface area contributed by atoms with Crippen LogP contribution in [0.25, 0.3) is 0 Å². The minimum atomic E-state index is 0.913. The highest BCUT2D eigenvalue weighted by atomic mass is 16.3. The number of hydrogen-bond acceptors (Lipinski definition) is 4. The van der Waals surface area contributed by atoms with Crippen molar-refractivity contribution in [3.05, 3.63) is 23.7 Å². The summed E-state index contributed by atoms with van der Waals surface area (Å²) in [5, 5.41) is 3.36. The molecule has 2 rings (SSSR count). The molecule has 0 aliphatic carbocycles. The molecule has 1 aromatic heterocycles. The first-order chi connectivity index (χ1) is 8.79. The fraction of sp³-hybridized carbons (Fsp3) is 0.714. The molecule has 0 bridgehead atoms. The van der Waals surface area contributed by atoms with Crippen LogP contribution in [0.3, 0.4) is 0 Å². The Morgan fingerprint density at radius 3 is 3.00 bits per heavy atom. The van der Waals surface area contributed by atoms with Gasteiger partial charge in [0.25, 0.3) is 0 Å². The van der Waals surface area contributed by atoms with Crippen LogP contribution in [0.1, 0.15) is 24.7 Å². The summed E-state index contributed by atoms with van der Waals surface area (Å²) in [7, 11) is 2.20. The fourth-order valence-electron chi connectivity index (χ4n) is 2.38. The highest BCUT2D eigenvalue weighted by Crippen LogP contribution is 2.14. The zero-order valence-corrected chi connectivity index (χ0v) is 11.6. The average Bonchev–Trinajstić information content (AvgIpc) is 2.70. The quantitative estimate of drug-likeness (QED) is 0.860. The third-order valence-corrected chi connectivity index (χ3v) is 3.58. The van der Waals surface area contributed by atoms with Crippen molar-refractivity contribution in [3.8, 4) is 0 Å². The molecule has 4 nitrogen and oxygen atoms in total. The van der Waals surface area contributed by atoms with Crippen molar-refractivity contribution < 1.29 is 4.42 Å². The van der Waals surface area contributed by atoms with Crippen LogP contribution in [-0.4, -0.2) is 49.6 Å². The van der Waals surface area contributed by atoms with Gasteiger partial charge in [0, 0.05) is 25.2 Å². The number of hydrogen-bond donors (Lipinski definition) is 1. The Morgan fingerprint density at radius 1 is 1.28 bits per heavy atom. The number of furan rings is 1. The smallest absolute Gasteiger partial charge is 0.122 e. The minimum absolute atomic E-state index is 0.913. The summed E-state index contributed by atoms with van der Waals surface area (Å²) in [5.41, 5.74) is 1.30. The highest BCUT2D eigenvalue weighted by Gasteiger charge is 2.15. The number of nitrogens with zero attached hydrogens (tertiary/aromatic N) is 2. The maximum absolute atomic E-state index is 5.64. The molecule has 4 heteroatoms. The van der Waals surface area contributed by atoms with E-state index >= 15 is 0 Å². The van der Waals surface area contributed by atoms with Crippen LogP contribution in [0.15, 0.2) is 16.7 Å². The third-order valence-electron chi connectivity index (χ3n) is 3.58. The van der Waals surface area contributed by atoms with Gasteiger partial charge in [-0.1, -0.05) is 6.92 Å². The molecule has 18 heavy (non-hydrogen) atoms. The predicted octanol–water partition coefficient (Wildman–Crippen LogP) is 1.53. The Labute approximate surface area is 110 Å². The Balaban J connectivity index is 1.90. The SMILES string of the molecule is CCNCc1ccoc1CN1CCCN(C)CC1. The van der Waals surface area contributed by atoms with Crippen LogP contribution < -0.4 is 5.32 Å². The van der Waals surface area contributed by atoms with Crippen molar-refractivity contribution in [2.24, 2.45) is 0 Å². The molecule has 102 valence electrons. The van der Waals surface area contributed by atoms with Gasteiger partial charge in [-0.05, 0) is 39.2 Å². The molecule has 0 spiro atoms. The maximum atomic E-state index is 5.64. The molecular formula is C14H25N3O. The second-order valence-corrected chi connectivity index (χ2v) is 5.08. The third kappa shape index (κ3) is 3.83. The van der Waals surface area contributed by atoms with Crippen molar-refractivity contribution in [2.45, 2.75) is 26.4 Å². The van der Waals surface area contributed by atoms with Crippen LogP contribution in [0.2, 0.25) is 0 Å². The summed E-state index contributed by atoms with van der Waals surface area (Å²) in [5.74, 6) is 1.13. The average molecular weight is 251 g/mol. The Bertz CT molecular complexity index is 351. The molecular weight excluding hydrogens is 226 g/mol. The van der Waals surface area contributed by atoms with E-state index in [2.05, 4.69) is 35.2 Å². The zero-order chi connectivity index (χ0) is 12.8. The van der Waals surface area contributed by atoms with Crippen LogP contribution >= 0.6 is 0 Å². The Kier molecular flexibility index (Phi) is 5.23. The normalized spacial score (nSPS) is 19.0. The van der Waals surface area contributed by atoms with E-state index in [-0.39, 0.29) is 0 Å². The fourth-order valence-corrected chi connectivity index (χ4v) is 2.38. The van der Waals surface area contributed by atoms with Crippen LogP contribution in [0.5, 0.6) is 0 Å². The van der Waals surface area contributed by atoms with Crippen LogP contribution in [-0.2, 0) is 13.1 Å². The molecule has 1 saturated heterocycles. The summed E-state index contributed by atoms with van der Waals surface area (Å²) in [4.78, 5) is 4.90. The summed E-state index contributed by atoms with van der Waals surface area (Å²) in [6.45, 7) is 9.66. The molecule has 0 radical (unpaired) electrons. The molecule has 0 unspecified atom stereocenters. The number of rotatable bonds is 5. The van der Waals surface area contributed by atoms with E-state index in [1.54, 1.807) is 0 Å². The summed E-state index contributed by atoms with van der Waals surface area (Å²) in [6, 6.07) is 2.09. The van der Waals surface area contributed by atoms with Gasteiger partial charge in [-0.25, -0.2) is 0 Å². The lowest BCUT2D eigenvalue weighted by atomic mass is 10.2. The predicted molar refractivity (Wildman–Crippen MR) is 73.5 cm³/mol. The molecule has 0 atom stereocenters. The number of likely N-dealkylation sites (N-methyl/N-ethyl adjacent to an activating group) is 1. The van der Waals surface area contributed by atoms with Crippen molar-refractivity contribution in [1.82, 2.24) is 15.1 Å². The second kappa shape index (κ2) is 6.92. The van der Waals surface area contributed by atoms with Crippen LogP contribution in [0, 0.1) is 0 Å². The molecule has 1 aromatic rings. The van der Waals surface area contributed by atoms with E-state index in [0.717, 1.165) is 38.5 Å². The van der Waals surface area contributed by atoms with E-state index in [1.807, 2.05) is 6.26 Å². The van der Waals surface area contributed by atoms with E-state index in [1.165, 1.54) is 25.1 Å².